The second-order valence-electron chi connectivity index (χ2n) is 8.31. The molecule has 0 aliphatic carbocycles. The van der Waals surface area contributed by atoms with E-state index < -0.39 is 0 Å². The lowest BCUT2D eigenvalue weighted by Gasteiger charge is -2.13. The topological polar surface area (TPSA) is 88.9 Å². The van der Waals surface area contributed by atoms with Crippen LogP contribution in [0.15, 0.2) is 36.5 Å². The first kappa shape index (κ1) is 22.7. The van der Waals surface area contributed by atoms with E-state index in [0.29, 0.717) is 33.4 Å². The van der Waals surface area contributed by atoms with Crippen LogP contribution in [0.4, 0.5) is 5.69 Å². The molecule has 0 fully saturated rings. The first-order valence-corrected chi connectivity index (χ1v) is 11.6. The number of nitrogens with one attached hydrogen (secondary N) is 2. The molecule has 2 N–H and O–H groups in total. The minimum Gasteiger partial charge on any atom is -0.355 e. The summed E-state index contributed by atoms with van der Waals surface area (Å²) in [6.45, 7) is 10.0. The minimum absolute atomic E-state index is 0.0953. The number of nitrogens with zero attached hydrogens (tertiary/aromatic N) is 3. The molecule has 0 saturated heterocycles. The van der Waals surface area contributed by atoms with Crippen molar-refractivity contribution in [3.8, 4) is 11.3 Å². The number of aryl methyl sites for hydroxylation is 2. The monoisotopic (exact) mass is 461 g/mol. The molecular weight excluding hydrogens is 434 g/mol. The van der Waals surface area contributed by atoms with Crippen LogP contribution < -0.4 is 10.6 Å². The first-order valence-electron chi connectivity index (χ1n) is 10.8. The maximum absolute atomic E-state index is 13.5. The van der Waals surface area contributed by atoms with Gasteiger partial charge in [-0.3, -0.25) is 9.59 Å². The van der Waals surface area contributed by atoms with Gasteiger partial charge in [0.2, 0.25) is 0 Å². The second-order valence-corrected chi connectivity index (χ2v) is 9.77. The summed E-state index contributed by atoms with van der Waals surface area (Å²) in [6, 6.07) is 9.32. The predicted molar refractivity (Wildman–Crippen MR) is 133 cm³/mol. The minimum atomic E-state index is -0.270. The fourth-order valence-electron chi connectivity index (χ4n) is 3.95. The highest BCUT2D eigenvalue weighted by Gasteiger charge is 2.21. The molecule has 3 heterocycles. The van der Waals surface area contributed by atoms with Crippen LogP contribution in [-0.4, -0.2) is 33.6 Å². The van der Waals surface area contributed by atoms with E-state index in [2.05, 4.69) is 35.6 Å². The molecule has 4 aromatic rings. The normalized spacial score (nSPS) is 11.2. The lowest BCUT2D eigenvalue weighted by molar-refractivity contribution is 0.0960. The van der Waals surface area contributed by atoms with Crippen molar-refractivity contribution < 1.29 is 9.59 Å². The molecule has 7 nitrogen and oxygen atoms in total. The van der Waals surface area contributed by atoms with Gasteiger partial charge < -0.3 is 10.6 Å². The number of fused-ring (bicyclic) bond motifs is 1. The third-order valence-electron chi connectivity index (χ3n) is 5.67. The van der Waals surface area contributed by atoms with Crippen molar-refractivity contribution >= 4 is 39.9 Å². The SMILES string of the molecule is CNC(=O)c1cccc(NC(=O)c2cc(-c3cc(C)sc3C)nc3c2cnn3C(C)C)c1C. The zero-order chi connectivity index (χ0) is 23.9. The van der Waals surface area contributed by atoms with Crippen molar-refractivity contribution in [1.82, 2.24) is 20.1 Å². The summed E-state index contributed by atoms with van der Waals surface area (Å²) < 4.78 is 1.83. The van der Waals surface area contributed by atoms with Crippen LogP contribution in [0.1, 0.15) is 55.9 Å². The van der Waals surface area contributed by atoms with Gasteiger partial charge in [0.1, 0.15) is 0 Å². The van der Waals surface area contributed by atoms with Gasteiger partial charge in [-0.2, -0.15) is 5.10 Å². The molecule has 0 radical (unpaired) electrons. The third-order valence-corrected chi connectivity index (χ3v) is 6.64. The van der Waals surface area contributed by atoms with Gasteiger partial charge in [0.25, 0.3) is 11.8 Å². The number of carbonyl (C=O) groups is 2. The van der Waals surface area contributed by atoms with E-state index in [1.165, 1.54) is 4.88 Å². The van der Waals surface area contributed by atoms with E-state index in [-0.39, 0.29) is 17.9 Å². The summed E-state index contributed by atoms with van der Waals surface area (Å²) in [5.74, 6) is -0.465. The molecular formula is C25H27N5O2S. The summed E-state index contributed by atoms with van der Waals surface area (Å²) in [7, 11) is 1.59. The number of aromatic nitrogens is 3. The number of rotatable bonds is 5. The highest BCUT2D eigenvalue weighted by molar-refractivity contribution is 7.12. The summed E-state index contributed by atoms with van der Waals surface area (Å²) >= 11 is 1.71. The lowest BCUT2D eigenvalue weighted by Crippen LogP contribution is -2.20. The Morgan fingerprint density at radius 1 is 1.06 bits per heavy atom. The van der Waals surface area contributed by atoms with E-state index in [1.807, 2.05) is 31.5 Å². The Kier molecular flexibility index (Phi) is 6.03. The molecule has 0 saturated carbocycles. The number of anilines is 1. The fraction of sp³-hybridized carbons (Fsp3) is 0.280. The van der Waals surface area contributed by atoms with Crippen LogP contribution in [0.5, 0.6) is 0 Å². The van der Waals surface area contributed by atoms with Crippen molar-refractivity contribution in [2.24, 2.45) is 0 Å². The van der Waals surface area contributed by atoms with Crippen LogP contribution in [0.2, 0.25) is 0 Å². The predicted octanol–water partition coefficient (Wildman–Crippen LogP) is 5.28. The molecule has 1 aromatic carbocycles. The maximum Gasteiger partial charge on any atom is 0.256 e. The largest absolute Gasteiger partial charge is 0.355 e. The average Bonchev–Trinajstić information content (AvgIpc) is 3.36. The summed E-state index contributed by atoms with van der Waals surface area (Å²) in [4.78, 5) is 32.9. The first-order chi connectivity index (χ1) is 15.7. The van der Waals surface area contributed by atoms with Gasteiger partial charge >= 0.3 is 0 Å². The van der Waals surface area contributed by atoms with Crippen molar-refractivity contribution in [2.75, 3.05) is 12.4 Å². The third kappa shape index (κ3) is 4.14. The summed E-state index contributed by atoms with van der Waals surface area (Å²) in [5, 5.41) is 10.8. The van der Waals surface area contributed by atoms with Gasteiger partial charge in [0.05, 0.1) is 22.8 Å². The zero-order valence-electron chi connectivity index (χ0n) is 19.6. The van der Waals surface area contributed by atoms with Gasteiger partial charge in [-0.05, 0) is 64.4 Å². The van der Waals surface area contributed by atoms with Crippen LogP contribution in [0, 0.1) is 20.8 Å². The molecule has 0 aliphatic rings. The van der Waals surface area contributed by atoms with Crippen molar-refractivity contribution in [3.63, 3.8) is 0 Å². The smallest absolute Gasteiger partial charge is 0.256 e. The van der Waals surface area contributed by atoms with Gasteiger partial charge in [0, 0.05) is 39.7 Å². The quantitative estimate of drug-likeness (QED) is 0.423. The molecule has 33 heavy (non-hydrogen) atoms. The summed E-state index contributed by atoms with van der Waals surface area (Å²) in [6.07, 6.45) is 1.70. The standard InChI is InChI=1S/C25H27N5O2S/c1-13(2)30-23-20(12-27-30)19(11-22(28-23)18-10-14(3)33-16(18)5)25(32)29-21-9-7-8-17(15(21)4)24(31)26-6/h7-13H,1-6H3,(H,26,31)(H,29,32). The number of pyridine rings is 1. The Bertz CT molecular complexity index is 1380. The van der Waals surface area contributed by atoms with Gasteiger partial charge in [-0.25, -0.2) is 9.67 Å². The number of benzene rings is 1. The molecule has 0 bridgehead atoms. The number of amides is 2. The molecule has 3 aromatic heterocycles. The van der Waals surface area contributed by atoms with Crippen LogP contribution in [0.25, 0.3) is 22.3 Å². The molecule has 0 spiro atoms. The Balaban J connectivity index is 1.84. The molecule has 4 rings (SSSR count). The zero-order valence-corrected chi connectivity index (χ0v) is 20.4. The maximum atomic E-state index is 13.5. The fourth-order valence-corrected chi connectivity index (χ4v) is 4.88. The van der Waals surface area contributed by atoms with Crippen LogP contribution in [0.3, 0.4) is 0 Å². The molecule has 170 valence electrons. The van der Waals surface area contributed by atoms with Crippen molar-refractivity contribution in [1.29, 1.82) is 0 Å². The van der Waals surface area contributed by atoms with E-state index >= 15 is 0 Å². The molecule has 0 atom stereocenters. The Labute approximate surface area is 196 Å². The van der Waals surface area contributed by atoms with Crippen molar-refractivity contribution in [2.45, 2.75) is 40.7 Å². The summed E-state index contributed by atoms with van der Waals surface area (Å²) in [5.41, 5.74) is 4.74. The molecule has 0 unspecified atom stereocenters. The molecule has 0 aliphatic heterocycles. The Hall–Kier alpha value is -3.52. The van der Waals surface area contributed by atoms with Gasteiger partial charge in [-0.15, -0.1) is 11.3 Å². The number of carbonyl (C=O) groups excluding carboxylic acids is 2. The number of hydrogen-bond acceptors (Lipinski definition) is 5. The second kappa shape index (κ2) is 8.78. The highest BCUT2D eigenvalue weighted by atomic mass is 32.1. The van der Waals surface area contributed by atoms with Gasteiger partial charge in [-0.1, -0.05) is 6.07 Å². The van der Waals surface area contributed by atoms with E-state index in [4.69, 9.17) is 4.98 Å². The van der Waals surface area contributed by atoms with Gasteiger partial charge in [0.15, 0.2) is 5.65 Å². The number of hydrogen-bond donors (Lipinski definition) is 2. The Morgan fingerprint density at radius 2 is 1.82 bits per heavy atom. The molecule has 8 heteroatoms. The van der Waals surface area contributed by atoms with E-state index in [0.717, 1.165) is 16.1 Å². The van der Waals surface area contributed by atoms with Crippen molar-refractivity contribution in [3.05, 3.63) is 63.0 Å². The van der Waals surface area contributed by atoms with Crippen LogP contribution >= 0.6 is 11.3 Å². The Morgan fingerprint density at radius 3 is 2.45 bits per heavy atom. The molecule has 2 amide bonds. The van der Waals surface area contributed by atoms with Crippen LogP contribution in [-0.2, 0) is 0 Å². The highest BCUT2D eigenvalue weighted by Crippen LogP contribution is 2.33. The van der Waals surface area contributed by atoms with E-state index in [9.17, 15) is 9.59 Å². The average molecular weight is 462 g/mol. The number of thiophene rings is 1. The lowest BCUT2D eigenvalue weighted by atomic mass is 10.0. The van der Waals surface area contributed by atoms with E-state index in [1.54, 1.807) is 42.8 Å².